The molecule has 1 aromatic carbocycles. The number of aliphatic hydroxyl groups is 1. The van der Waals surface area contributed by atoms with Crippen molar-refractivity contribution in [3.8, 4) is 0 Å². The van der Waals surface area contributed by atoms with Crippen LogP contribution in [0.5, 0.6) is 0 Å². The van der Waals surface area contributed by atoms with Crippen molar-refractivity contribution < 1.29 is 14.8 Å². The van der Waals surface area contributed by atoms with Crippen LogP contribution in [0.25, 0.3) is 0 Å². The monoisotopic (exact) mass is 332 g/mol. The summed E-state index contributed by atoms with van der Waals surface area (Å²) in [6.45, 7) is 1.24. The van der Waals surface area contributed by atoms with E-state index in [4.69, 9.17) is 4.74 Å². The Morgan fingerprint density at radius 2 is 2.32 bits per heavy atom. The number of methoxy groups -OCH3 is 1. The van der Waals surface area contributed by atoms with Gasteiger partial charge in [0.15, 0.2) is 0 Å². The summed E-state index contributed by atoms with van der Waals surface area (Å²) >= 11 is 3.29. The second-order valence-electron chi connectivity index (χ2n) is 4.10. The SMILES string of the molecule is COCC(O)CCNCc1cc(Br)ccc1[N+](=O)[O-]. The van der Waals surface area contributed by atoms with Crippen molar-refractivity contribution in [2.24, 2.45) is 0 Å². The molecule has 7 heteroatoms. The molecule has 1 unspecified atom stereocenters. The van der Waals surface area contributed by atoms with Crippen molar-refractivity contribution in [1.29, 1.82) is 0 Å². The van der Waals surface area contributed by atoms with Crippen LogP contribution in [0.15, 0.2) is 22.7 Å². The largest absolute Gasteiger partial charge is 0.391 e. The summed E-state index contributed by atoms with van der Waals surface area (Å²) in [4.78, 5) is 10.5. The smallest absolute Gasteiger partial charge is 0.273 e. The average Bonchev–Trinajstić information content (AvgIpc) is 2.34. The van der Waals surface area contributed by atoms with Gasteiger partial charge in [0.2, 0.25) is 0 Å². The van der Waals surface area contributed by atoms with Crippen molar-refractivity contribution in [1.82, 2.24) is 5.32 Å². The van der Waals surface area contributed by atoms with Crippen LogP contribution in [0.2, 0.25) is 0 Å². The Balaban J connectivity index is 2.48. The summed E-state index contributed by atoms with van der Waals surface area (Å²) in [6.07, 6.45) is 0.0188. The molecule has 1 rings (SSSR count). The Bertz CT molecular complexity index is 428. The highest BCUT2D eigenvalue weighted by Gasteiger charge is 2.13. The molecule has 0 heterocycles. The molecule has 0 bridgehead atoms. The van der Waals surface area contributed by atoms with E-state index in [0.717, 1.165) is 4.47 Å². The molecule has 0 fully saturated rings. The Labute approximate surface area is 120 Å². The minimum atomic E-state index is -0.519. The summed E-state index contributed by atoms with van der Waals surface area (Å²) in [5, 5.41) is 23.4. The van der Waals surface area contributed by atoms with E-state index < -0.39 is 11.0 Å². The van der Waals surface area contributed by atoms with E-state index in [1.807, 2.05) is 0 Å². The molecule has 0 aromatic heterocycles. The summed E-state index contributed by atoms with van der Waals surface area (Å²) in [6, 6.07) is 4.83. The third-order valence-electron chi connectivity index (χ3n) is 2.57. The van der Waals surface area contributed by atoms with Gasteiger partial charge in [-0.15, -0.1) is 0 Å². The molecular weight excluding hydrogens is 316 g/mol. The molecule has 0 saturated heterocycles. The zero-order chi connectivity index (χ0) is 14.3. The first-order valence-corrected chi connectivity index (χ1v) is 6.64. The summed E-state index contributed by atoms with van der Waals surface area (Å²) in [5.41, 5.74) is 0.703. The first kappa shape index (κ1) is 16.0. The van der Waals surface area contributed by atoms with Gasteiger partial charge in [-0.2, -0.15) is 0 Å². The van der Waals surface area contributed by atoms with Crippen molar-refractivity contribution in [3.05, 3.63) is 38.3 Å². The third kappa shape index (κ3) is 5.65. The van der Waals surface area contributed by atoms with E-state index in [1.165, 1.54) is 13.2 Å². The second-order valence-corrected chi connectivity index (χ2v) is 5.02. The molecule has 6 nitrogen and oxygen atoms in total. The molecular formula is C12H17BrN2O4. The van der Waals surface area contributed by atoms with Gasteiger partial charge in [0.1, 0.15) is 0 Å². The molecule has 0 amide bonds. The molecule has 0 saturated carbocycles. The lowest BCUT2D eigenvalue weighted by Crippen LogP contribution is -2.23. The van der Waals surface area contributed by atoms with Crippen molar-refractivity contribution in [2.75, 3.05) is 20.3 Å². The molecule has 0 aliphatic rings. The van der Waals surface area contributed by atoms with Gasteiger partial charge < -0.3 is 15.2 Å². The van der Waals surface area contributed by atoms with E-state index in [1.54, 1.807) is 12.1 Å². The van der Waals surface area contributed by atoms with E-state index in [9.17, 15) is 15.2 Å². The minimum absolute atomic E-state index is 0.0909. The lowest BCUT2D eigenvalue weighted by molar-refractivity contribution is -0.385. The van der Waals surface area contributed by atoms with Gasteiger partial charge in [0.25, 0.3) is 5.69 Å². The highest BCUT2D eigenvalue weighted by Crippen LogP contribution is 2.22. The van der Waals surface area contributed by atoms with Gasteiger partial charge in [-0.25, -0.2) is 0 Å². The molecule has 1 aromatic rings. The standard InChI is InChI=1S/C12H17BrN2O4/c1-19-8-11(16)4-5-14-7-9-6-10(13)2-3-12(9)15(17)18/h2-3,6,11,14,16H,4-5,7-8H2,1H3. The average molecular weight is 333 g/mol. The normalized spacial score (nSPS) is 12.4. The van der Waals surface area contributed by atoms with E-state index >= 15 is 0 Å². The minimum Gasteiger partial charge on any atom is -0.391 e. The topological polar surface area (TPSA) is 84.6 Å². The number of halogens is 1. The van der Waals surface area contributed by atoms with Crippen LogP contribution >= 0.6 is 15.9 Å². The zero-order valence-electron chi connectivity index (χ0n) is 10.6. The number of hydrogen-bond acceptors (Lipinski definition) is 5. The lowest BCUT2D eigenvalue weighted by Gasteiger charge is -2.10. The number of nitrogens with one attached hydrogen (secondary N) is 1. The van der Waals surface area contributed by atoms with Gasteiger partial charge >= 0.3 is 0 Å². The second kappa shape index (κ2) is 8.21. The molecule has 0 aliphatic heterocycles. The number of hydrogen-bond donors (Lipinski definition) is 2. The van der Waals surface area contributed by atoms with Gasteiger partial charge in [-0.05, 0) is 25.1 Å². The van der Waals surface area contributed by atoms with E-state index in [0.29, 0.717) is 31.7 Å². The van der Waals surface area contributed by atoms with Gasteiger partial charge in [0, 0.05) is 29.8 Å². The Morgan fingerprint density at radius 1 is 1.58 bits per heavy atom. The van der Waals surface area contributed by atoms with Crippen LogP contribution in [-0.2, 0) is 11.3 Å². The molecule has 2 N–H and O–H groups in total. The Morgan fingerprint density at radius 3 is 2.95 bits per heavy atom. The molecule has 1 atom stereocenters. The maximum absolute atomic E-state index is 10.9. The van der Waals surface area contributed by atoms with Crippen molar-refractivity contribution in [2.45, 2.75) is 19.1 Å². The van der Waals surface area contributed by atoms with Crippen molar-refractivity contribution >= 4 is 21.6 Å². The molecule has 0 radical (unpaired) electrons. The number of ether oxygens (including phenoxy) is 1. The Kier molecular flexibility index (Phi) is 6.93. The maximum Gasteiger partial charge on any atom is 0.273 e. The highest BCUT2D eigenvalue weighted by molar-refractivity contribution is 9.10. The van der Waals surface area contributed by atoms with Crippen LogP contribution in [0, 0.1) is 10.1 Å². The van der Waals surface area contributed by atoms with E-state index in [2.05, 4.69) is 21.2 Å². The predicted molar refractivity (Wildman–Crippen MR) is 75.0 cm³/mol. The number of aliphatic hydroxyl groups excluding tert-OH is 1. The fourth-order valence-corrected chi connectivity index (χ4v) is 2.05. The first-order valence-electron chi connectivity index (χ1n) is 5.85. The fraction of sp³-hybridized carbons (Fsp3) is 0.500. The van der Waals surface area contributed by atoms with Gasteiger partial charge in [-0.3, -0.25) is 10.1 Å². The Hall–Kier alpha value is -1.02. The lowest BCUT2D eigenvalue weighted by atomic mass is 10.2. The fourth-order valence-electron chi connectivity index (χ4n) is 1.64. The third-order valence-corrected chi connectivity index (χ3v) is 3.06. The summed E-state index contributed by atoms with van der Waals surface area (Å²) in [5.74, 6) is 0. The van der Waals surface area contributed by atoms with Crippen LogP contribution in [0.4, 0.5) is 5.69 Å². The first-order chi connectivity index (χ1) is 9.04. The number of rotatable bonds is 8. The highest BCUT2D eigenvalue weighted by atomic mass is 79.9. The van der Waals surface area contributed by atoms with Gasteiger partial charge in [-0.1, -0.05) is 15.9 Å². The maximum atomic E-state index is 10.9. The summed E-state index contributed by atoms with van der Waals surface area (Å²) in [7, 11) is 1.53. The van der Waals surface area contributed by atoms with Gasteiger partial charge in [0.05, 0.1) is 17.6 Å². The van der Waals surface area contributed by atoms with Crippen molar-refractivity contribution in [3.63, 3.8) is 0 Å². The van der Waals surface area contributed by atoms with Crippen LogP contribution in [-0.4, -0.2) is 36.4 Å². The quantitative estimate of drug-likeness (QED) is 0.431. The zero-order valence-corrected chi connectivity index (χ0v) is 12.2. The molecule has 19 heavy (non-hydrogen) atoms. The van der Waals surface area contributed by atoms with Crippen LogP contribution in [0.1, 0.15) is 12.0 Å². The van der Waals surface area contributed by atoms with Crippen LogP contribution in [0.3, 0.4) is 0 Å². The predicted octanol–water partition coefficient (Wildman–Crippen LogP) is 1.84. The summed E-state index contributed by atoms with van der Waals surface area (Å²) < 4.78 is 5.61. The van der Waals surface area contributed by atoms with Crippen LogP contribution < -0.4 is 5.32 Å². The number of nitro groups is 1. The number of benzene rings is 1. The molecule has 0 spiro atoms. The van der Waals surface area contributed by atoms with E-state index in [-0.39, 0.29) is 5.69 Å². The number of nitro benzene ring substituents is 1. The molecule has 106 valence electrons. The number of nitrogens with zero attached hydrogens (tertiary/aromatic N) is 1. The molecule has 0 aliphatic carbocycles.